The molecule has 1 atom stereocenters. The maximum Gasteiger partial charge on any atom is 0.241 e. The number of carbonyl (C=O) groups excluding carboxylic acids is 1. The number of anilines is 1. The van der Waals surface area contributed by atoms with Crippen molar-refractivity contribution in [3.8, 4) is 0 Å². The van der Waals surface area contributed by atoms with Crippen LogP contribution in [0.3, 0.4) is 0 Å². The number of sulfonamides is 1. The van der Waals surface area contributed by atoms with Gasteiger partial charge in [0.1, 0.15) is 0 Å². The Balaban J connectivity index is 1.81. The average Bonchev–Trinajstić information content (AvgIpc) is 2.86. The number of benzene rings is 2. The van der Waals surface area contributed by atoms with Crippen molar-refractivity contribution in [1.82, 2.24) is 4.72 Å². The molecule has 2 aromatic rings. The molecule has 0 aromatic heterocycles. The Hall–Kier alpha value is -2.18. The van der Waals surface area contributed by atoms with Gasteiger partial charge in [-0.05, 0) is 51.0 Å². The maximum atomic E-state index is 12.9. The number of hydrogen-bond donors (Lipinski definition) is 1. The highest BCUT2D eigenvalue weighted by atomic mass is 32.2. The minimum Gasteiger partial charge on any atom is -0.311 e. The minimum atomic E-state index is -3.69. The van der Waals surface area contributed by atoms with Gasteiger partial charge in [0.25, 0.3) is 0 Å². The summed E-state index contributed by atoms with van der Waals surface area (Å²) in [6, 6.07) is 10.9. The van der Waals surface area contributed by atoms with E-state index in [2.05, 4.69) is 4.72 Å². The molecule has 26 heavy (non-hydrogen) atoms. The quantitative estimate of drug-likeness (QED) is 0.897. The minimum absolute atomic E-state index is 0.0705. The number of nitrogens with zero attached hydrogens (tertiary/aromatic N) is 1. The molecule has 0 bridgehead atoms. The van der Waals surface area contributed by atoms with Crippen LogP contribution >= 0.6 is 0 Å². The van der Waals surface area contributed by atoms with Crippen molar-refractivity contribution in [3.63, 3.8) is 0 Å². The first kappa shape index (κ1) is 18.6. The molecule has 1 aliphatic heterocycles. The lowest BCUT2D eigenvalue weighted by Crippen LogP contribution is -2.37. The molecule has 5 nitrogen and oxygen atoms in total. The highest BCUT2D eigenvalue weighted by Gasteiger charge is 2.34. The smallest absolute Gasteiger partial charge is 0.241 e. The first-order chi connectivity index (χ1) is 12.2. The molecule has 1 fully saturated rings. The Morgan fingerprint density at radius 2 is 1.54 bits per heavy atom. The molecule has 0 radical (unpaired) electrons. The van der Waals surface area contributed by atoms with E-state index in [1.165, 1.54) is 0 Å². The van der Waals surface area contributed by atoms with Gasteiger partial charge in [0.15, 0.2) is 0 Å². The van der Waals surface area contributed by atoms with Crippen molar-refractivity contribution < 1.29 is 13.2 Å². The van der Waals surface area contributed by atoms with Crippen LogP contribution in [0.25, 0.3) is 0 Å². The van der Waals surface area contributed by atoms with Gasteiger partial charge in [-0.15, -0.1) is 0 Å². The van der Waals surface area contributed by atoms with Gasteiger partial charge in [-0.25, -0.2) is 13.1 Å². The maximum absolute atomic E-state index is 12.9. The van der Waals surface area contributed by atoms with Crippen LogP contribution in [0.1, 0.15) is 28.7 Å². The molecule has 1 N–H and O–H groups in total. The number of hydrogen-bond acceptors (Lipinski definition) is 3. The van der Waals surface area contributed by atoms with Crippen molar-refractivity contribution in [3.05, 3.63) is 58.7 Å². The third-order valence-corrected chi connectivity index (χ3v) is 6.49. The summed E-state index contributed by atoms with van der Waals surface area (Å²) in [5.74, 6) is -0.0705. The Labute approximate surface area is 155 Å². The first-order valence-electron chi connectivity index (χ1n) is 8.64. The SMILES string of the molecule is Cc1ccc(N2C[C@H](NS(=O)(=O)c3c(C)cc(C)cc3C)CC2=O)cc1. The summed E-state index contributed by atoms with van der Waals surface area (Å²) in [4.78, 5) is 14.3. The standard InChI is InChI=1S/C20H24N2O3S/c1-13-5-7-18(8-6-13)22-12-17(11-19(22)23)21-26(24,25)20-15(3)9-14(2)10-16(20)4/h5-10,17,21H,11-12H2,1-4H3/t17-/m1/s1. The molecule has 1 amide bonds. The van der Waals surface area contributed by atoms with E-state index in [1.54, 1.807) is 18.7 Å². The fraction of sp³-hybridized carbons (Fsp3) is 0.350. The number of nitrogens with one attached hydrogen (secondary N) is 1. The highest BCUT2D eigenvalue weighted by Crippen LogP contribution is 2.25. The van der Waals surface area contributed by atoms with Crippen LogP contribution in [0.4, 0.5) is 5.69 Å². The van der Waals surface area contributed by atoms with Gasteiger partial charge in [-0.3, -0.25) is 4.79 Å². The van der Waals surface area contributed by atoms with E-state index in [0.29, 0.717) is 11.4 Å². The summed E-state index contributed by atoms with van der Waals surface area (Å²) in [6.07, 6.45) is 0.164. The topological polar surface area (TPSA) is 66.5 Å². The lowest BCUT2D eigenvalue weighted by molar-refractivity contribution is -0.117. The van der Waals surface area contributed by atoms with Gasteiger partial charge in [-0.2, -0.15) is 0 Å². The first-order valence-corrected chi connectivity index (χ1v) is 10.1. The number of rotatable bonds is 4. The van der Waals surface area contributed by atoms with Crippen LogP contribution in [0, 0.1) is 27.7 Å². The summed E-state index contributed by atoms with van der Waals surface area (Å²) in [5.41, 5.74) is 4.37. The third kappa shape index (κ3) is 3.66. The predicted octanol–water partition coefficient (Wildman–Crippen LogP) is 3.00. The summed E-state index contributed by atoms with van der Waals surface area (Å²) in [5, 5.41) is 0. The highest BCUT2D eigenvalue weighted by molar-refractivity contribution is 7.89. The molecule has 3 rings (SSSR count). The van der Waals surface area contributed by atoms with E-state index >= 15 is 0 Å². The van der Waals surface area contributed by atoms with Gasteiger partial charge < -0.3 is 4.90 Å². The van der Waals surface area contributed by atoms with E-state index in [1.807, 2.05) is 50.2 Å². The van der Waals surface area contributed by atoms with Crippen molar-refractivity contribution in [1.29, 1.82) is 0 Å². The Morgan fingerprint density at radius 3 is 2.12 bits per heavy atom. The molecule has 1 aliphatic rings. The molecule has 0 saturated carbocycles. The summed E-state index contributed by atoms with van der Waals surface area (Å²) in [6.45, 7) is 7.86. The average molecular weight is 372 g/mol. The van der Waals surface area contributed by atoms with Crippen LogP contribution in [0.15, 0.2) is 41.3 Å². The molecule has 0 unspecified atom stereocenters. The van der Waals surface area contributed by atoms with Crippen LogP contribution in [0.2, 0.25) is 0 Å². The number of aryl methyl sites for hydroxylation is 4. The predicted molar refractivity (Wildman–Crippen MR) is 103 cm³/mol. The van der Waals surface area contributed by atoms with Gasteiger partial charge in [-0.1, -0.05) is 35.4 Å². The Kier molecular flexibility index (Phi) is 4.90. The molecule has 6 heteroatoms. The zero-order valence-electron chi connectivity index (χ0n) is 15.5. The van der Waals surface area contributed by atoms with Gasteiger partial charge in [0, 0.05) is 24.7 Å². The number of carbonyl (C=O) groups is 1. The van der Waals surface area contributed by atoms with Crippen molar-refractivity contribution in [2.45, 2.75) is 45.1 Å². The molecule has 1 heterocycles. The molecular formula is C20H24N2O3S. The Bertz CT molecular complexity index is 927. The second-order valence-corrected chi connectivity index (χ2v) is 8.74. The summed E-state index contributed by atoms with van der Waals surface area (Å²) >= 11 is 0. The van der Waals surface area contributed by atoms with Crippen molar-refractivity contribution >= 4 is 21.6 Å². The van der Waals surface area contributed by atoms with Crippen LogP contribution < -0.4 is 9.62 Å². The lowest BCUT2D eigenvalue weighted by atomic mass is 10.1. The zero-order valence-corrected chi connectivity index (χ0v) is 16.4. The second kappa shape index (κ2) is 6.85. The largest absolute Gasteiger partial charge is 0.311 e. The van der Waals surface area contributed by atoms with Crippen LogP contribution in [-0.2, 0) is 14.8 Å². The van der Waals surface area contributed by atoms with Crippen LogP contribution in [0.5, 0.6) is 0 Å². The normalized spacial score (nSPS) is 17.8. The third-order valence-electron chi connectivity index (χ3n) is 4.67. The van der Waals surface area contributed by atoms with Crippen LogP contribution in [-0.4, -0.2) is 26.9 Å². The molecule has 138 valence electrons. The van der Waals surface area contributed by atoms with Gasteiger partial charge in [0.05, 0.1) is 4.90 Å². The van der Waals surface area contributed by atoms with E-state index in [0.717, 1.165) is 27.9 Å². The summed E-state index contributed by atoms with van der Waals surface area (Å²) in [7, 11) is -3.69. The molecule has 0 aliphatic carbocycles. The van der Waals surface area contributed by atoms with E-state index < -0.39 is 16.1 Å². The molecule has 0 spiro atoms. The zero-order chi connectivity index (χ0) is 19.1. The van der Waals surface area contributed by atoms with E-state index in [9.17, 15) is 13.2 Å². The summed E-state index contributed by atoms with van der Waals surface area (Å²) < 4.78 is 28.5. The van der Waals surface area contributed by atoms with Crippen molar-refractivity contribution in [2.75, 3.05) is 11.4 Å². The monoisotopic (exact) mass is 372 g/mol. The Morgan fingerprint density at radius 1 is 0.962 bits per heavy atom. The second-order valence-electron chi connectivity index (χ2n) is 7.09. The number of amides is 1. The molecule has 2 aromatic carbocycles. The van der Waals surface area contributed by atoms with Gasteiger partial charge in [0.2, 0.25) is 15.9 Å². The molecule has 1 saturated heterocycles. The van der Waals surface area contributed by atoms with E-state index in [-0.39, 0.29) is 12.3 Å². The van der Waals surface area contributed by atoms with Crippen molar-refractivity contribution in [2.24, 2.45) is 0 Å². The fourth-order valence-corrected chi connectivity index (χ4v) is 5.31. The van der Waals surface area contributed by atoms with Gasteiger partial charge >= 0.3 is 0 Å². The van der Waals surface area contributed by atoms with E-state index in [4.69, 9.17) is 0 Å². The lowest BCUT2D eigenvalue weighted by Gasteiger charge is -2.18. The molecular weight excluding hydrogens is 348 g/mol. The fourth-order valence-electron chi connectivity index (χ4n) is 3.63.